The van der Waals surface area contributed by atoms with E-state index in [4.69, 9.17) is 0 Å². The van der Waals surface area contributed by atoms with E-state index in [1.165, 1.54) is 22.3 Å². The lowest BCUT2D eigenvalue weighted by Crippen LogP contribution is -2.28. The van der Waals surface area contributed by atoms with Gasteiger partial charge in [0.25, 0.3) is 0 Å². The molecular weight excluding hydrogens is 270 g/mol. The predicted octanol–water partition coefficient (Wildman–Crippen LogP) is 3.83. The number of benzene rings is 2. The number of nitrogens with zero attached hydrogens (tertiary/aromatic N) is 1. The molecule has 1 aliphatic rings. The summed E-state index contributed by atoms with van der Waals surface area (Å²) >= 11 is 0. The zero-order valence-electron chi connectivity index (χ0n) is 13.5. The number of aliphatic hydroxyl groups is 1. The normalized spacial score (nSPS) is 14.5. The van der Waals surface area contributed by atoms with Crippen LogP contribution in [0.5, 0.6) is 0 Å². The zero-order chi connectivity index (χ0) is 15.5. The Morgan fingerprint density at radius 3 is 2.41 bits per heavy atom. The molecule has 0 radical (unpaired) electrons. The standard InChI is InChI=1S/C20H25NO/c1-3-21(4-2)14-20(22)17-11-12-19-16(13-17)10-9-15-7-5-6-8-18(15)19/h5-8,11-13,20,22H,3-4,9-10,14H2,1-2H3. The van der Waals surface area contributed by atoms with E-state index in [0.29, 0.717) is 6.54 Å². The first kappa shape index (κ1) is 15.3. The van der Waals surface area contributed by atoms with Gasteiger partial charge in [-0.1, -0.05) is 56.3 Å². The number of likely N-dealkylation sites (N-methyl/N-ethyl adjacent to an activating group) is 1. The van der Waals surface area contributed by atoms with Crippen LogP contribution in [0.4, 0.5) is 0 Å². The van der Waals surface area contributed by atoms with Crippen molar-refractivity contribution in [3.8, 4) is 11.1 Å². The number of aryl methyl sites for hydroxylation is 2. The van der Waals surface area contributed by atoms with Crippen molar-refractivity contribution < 1.29 is 5.11 Å². The fourth-order valence-electron chi connectivity index (χ4n) is 3.39. The molecule has 0 aromatic heterocycles. The molecule has 22 heavy (non-hydrogen) atoms. The van der Waals surface area contributed by atoms with Crippen molar-refractivity contribution in [1.82, 2.24) is 4.90 Å². The minimum atomic E-state index is -0.401. The second kappa shape index (κ2) is 6.64. The first-order valence-electron chi connectivity index (χ1n) is 8.34. The molecule has 1 atom stereocenters. The van der Waals surface area contributed by atoms with Crippen LogP contribution in [0, 0.1) is 0 Å². The third kappa shape index (κ3) is 2.94. The summed E-state index contributed by atoms with van der Waals surface area (Å²) in [7, 11) is 0. The van der Waals surface area contributed by atoms with E-state index >= 15 is 0 Å². The van der Waals surface area contributed by atoms with Crippen molar-refractivity contribution in [2.45, 2.75) is 32.8 Å². The first-order valence-corrected chi connectivity index (χ1v) is 8.34. The lowest BCUT2D eigenvalue weighted by molar-refractivity contribution is 0.119. The SMILES string of the molecule is CCN(CC)CC(O)c1ccc2c(c1)CCc1ccccc1-2. The summed E-state index contributed by atoms with van der Waals surface area (Å²) in [6.45, 7) is 6.94. The fraction of sp³-hybridized carbons (Fsp3) is 0.400. The summed E-state index contributed by atoms with van der Waals surface area (Å²) in [4.78, 5) is 2.26. The highest BCUT2D eigenvalue weighted by Gasteiger charge is 2.18. The monoisotopic (exact) mass is 295 g/mol. The van der Waals surface area contributed by atoms with Crippen LogP contribution in [0.3, 0.4) is 0 Å². The number of aliphatic hydroxyl groups excluding tert-OH is 1. The highest BCUT2D eigenvalue weighted by Crippen LogP contribution is 2.34. The van der Waals surface area contributed by atoms with Gasteiger partial charge in [-0.15, -0.1) is 0 Å². The van der Waals surface area contributed by atoms with Gasteiger partial charge in [0.2, 0.25) is 0 Å². The second-order valence-corrected chi connectivity index (χ2v) is 6.08. The minimum Gasteiger partial charge on any atom is -0.387 e. The van der Waals surface area contributed by atoms with Gasteiger partial charge >= 0.3 is 0 Å². The molecule has 1 unspecified atom stereocenters. The molecule has 0 amide bonds. The van der Waals surface area contributed by atoms with E-state index in [1.807, 2.05) is 0 Å². The largest absolute Gasteiger partial charge is 0.387 e. The van der Waals surface area contributed by atoms with Gasteiger partial charge in [0.15, 0.2) is 0 Å². The van der Waals surface area contributed by atoms with Gasteiger partial charge in [-0.25, -0.2) is 0 Å². The van der Waals surface area contributed by atoms with Crippen molar-refractivity contribution in [2.75, 3.05) is 19.6 Å². The molecule has 2 nitrogen and oxygen atoms in total. The van der Waals surface area contributed by atoms with E-state index in [-0.39, 0.29) is 0 Å². The molecule has 0 spiro atoms. The molecule has 0 fully saturated rings. The van der Waals surface area contributed by atoms with Crippen molar-refractivity contribution in [3.63, 3.8) is 0 Å². The van der Waals surface area contributed by atoms with Crippen molar-refractivity contribution >= 4 is 0 Å². The minimum absolute atomic E-state index is 0.401. The van der Waals surface area contributed by atoms with Crippen LogP contribution >= 0.6 is 0 Å². The molecular formula is C20H25NO. The van der Waals surface area contributed by atoms with Crippen LogP contribution in [0.25, 0.3) is 11.1 Å². The Balaban J connectivity index is 1.86. The Morgan fingerprint density at radius 2 is 1.64 bits per heavy atom. The van der Waals surface area contributed by atoms with E-state index in [2.05, 4.69) is 61.2 Å². The van der Waals surface area contributed by atoms with Gasteiger partial charge in [0.1, 0.15) is 0 Å². The quantitative estimate of drug-likeness (QED) is 0.906. The fourth-order valence-corrected chi connectivity index (χ4v) is 3.39. The van der Waals surface area contributed by atoms with Crippen LogP contribution in [-0.2, 0) is 12.8 Å². The summed E-state index contributed by atoms with van der Waals surface area (Å²) in [5, 5.41) is 10.5. The Kier molecular flexibility index (Phi) is 4.60. The summed E-state index contributed by atoms with van der Waals surface area (Å²) < 4.78 is 0. The first-order chi connectivity index (χ1) is 10.7. The Labute approximate surface area is 133 Å². The highest BCUT2D eigenvalue weighted by molar-refractivity contribution is 5.73. The average molecular weight is 295 g/mol. The molecule has 2 heteroatoms. The molecule has 0 heterocycles. The molecule has 3 rings (SSSR count). The molecule has 0 bridgehead atoms. The third-order valence-electron chi connectivity index (χ3n) is 4.81. The van der Waals surface area contributed by atoms with Gasteiger partial charge in [-0.2, -0.15) is 0 Å². The molecule has 2 aromatic carbocycles. The van der Waals surface area contributed by atoms with Gasteiger partial charge in [0, 0.05) is 6.54 Å². The molecule has 1 aliphatic carbocycles. The van der Waals surface area contributed by atoms with Crippen molar-refractivity contribution in [1.29, 1.82) is 0 Å². The van der Waals surface area contributed by atoms with E-state index < -0.39 is 6.10 Å². The van der Waals surface area contributed by atoms with Crippen LogP contribution < -0.4 is 0 Å². The Bertz CT molecular complexity index is 646. The van der Waals surface area contributed by atoms with E-state index in [1.54, 1.807) is 0 Å². The second-order valence-electron chi connectivity index (χ2n) is 6.08. The Morgan fingerprint density at radius 1 is 0.955 bits per heavy atom. The number of hydrogen-bond donors (Lipinski definition) is 1. The van der Waals surface area contributed by atoms with Gasteiger partial charge in [-0.05, 0) is 53.7 Å². The van der Waals surface area contributed by atoms with Gasteiger partial charge in [-0.3, -0.25) is 0 Å². The average Bonchev–Trinajstić information content (AvgIpc) is 2.58. The van der Waals surface area contributed by atoms with Gasteiger partial charge < -0.3 is 10.0 Å². The van der Waals surface area contributed by atoms with Crippen LogP contribution in [0.2, 0.25) is 0 Å². The third-order valence-corrected chi connectivity index (χ3v) is 4.81. The van der Waals surface area contributed by atoms with Crippen LogP contribution in [0.1, 0.15) is 36.6 Å². The number of rotatable bonds is 5. The maximum atomic E-state index is 10.5. The van der Waals surface area contributed by atoms with E-state index in [9.17, 15) is 5.11 Å². The van der Waals surface area contributed by atoms with E-state index in [0.717, 1.165) is 31.5 Å². The summed E-state index contributed by atoms with van der Waals surface area (Å²) in [6, 6.07) is 15.1. The van der Waals surface area contributed by atoms with Crippen LogP contribution in [-0.4, -0.2) is 29.6 Å². The number of hydrogen-bond acceptors (Lipinski definition) is 2. The number of fused-ring (bicyclic) bond motifs is 3. The molecule has 1 N–H and O–H groups in total. The topological polar surface area (TPSA) is 23.5 Å². The van der Waals surface area contributed by atoms with Crippen LogP contribution in [0.15, 0.2) is 42.5 Å². The van der Waals surface area contributed by atoms with Crippen molar-refractivity contribution in [2.24, 2.45) is 0 Å². The maximum absolute atomic E-state index is 10.5. The lowest BCUT2D eigenvalue weighted by atomic mass is 9.84. The highest BCUT2D eigenvalue weighted by atomic mass is 16.3. The summed E-state index contributed by atoms with van der Waals surface area (Å²) in [5.41, 5.74) is 6.54. The van der Waals surface area contributed by atoms with Crippen molar-refractivity contribution in [3.05, 3.63) is 59.2 Å². The molecule has 0 saturated carbocycles. The molecule has 2 aromatic rings. The maximum Gasteiger partial charge on any atom is 0.0917 e. The summed E-state index contributed by atoms with van der Waals surface area (Å²) in [5.74, 6) is 0. The summed E-state index contributed by atoms with van der Waals surface area (Å²) in [6.07, 6.45) is 1.76. The van der Waals surface area contributed by atoms with Gasteiger partial charge in [0.05, 0.1) is 6.10 Å². The molecule has 116 valence electrons. The lowest BCUT2D eigenvalue weighted by Gasteiger charge is -2.24. The Hall–Kier alpha value is -1.64. The molecule has 0 aliphatic heterocycles. The molecule has 0 saturated heterocycles. The zero-order valence-corrected chi connectivity index (χ0v) is 13.5. The predicted molar refractivity (Wildman–Crippen MR) is 92.0 cm³/mol. The smallest absolute Gasteiger partial charge is 0.0917 e.